The second-order valence-electron chi connectivity index (χ2n) is 4.16. The molecule has 0 spiro atoms. The number of carbonyl (C=O) groups excluding carboxylic acids is 1. The Morgan fingerprint density at radius 2 is 2.11 bits per heavy atom. The number of halogens is 1. The molecule has 0 fully saturated rings. The van der Waals surface area contributed by atoms with E-state index in [2.05, 4.69) is 26.0 Å². The number of carbonyl (C=O) groups is 1. The first kappa shape index (κ1) is 13.0. The van der Waals surface area contributed by atoms with Crippen LogP contribution in [0.2, 0.25) is 0 Å². The Morgan fingerprint density at radius 1 is 1.39 bits per heavy atom. The Balaban J connectivity index is 2.51. The first-order valence-corrected chi connectivity index (χ1v) is 6.53. The van der Waals surface area contributed by atoms with Crippen LogP contribution in [0.25, 0.3) is 0 Å². The third kappa shape index (κ3) is 2.22. The fourth-order valence-electron chi connectivity index (χ4n) is 1.89. The highest BCUT2D eigenvalue weighted by molar-refractivity contribution is 9.10. The first-order chi connectivity index (χ1) is 8.54. The third-order valence-electron chi connectivity index (χ3n) is 2.74. The lowest BCUT2D eigenvalue weighted by molar-refractivity contribution is 0.102. The number of ketones is 1. The van der Waals surface area contributed by atoms with E-state index in [0.29, 0.717) is 22.4 Å². The fourth-order valence-corrected chi connectivity index (χ4v) is 2.37. The SMILES string of the molecule is CCn1ncc(Br)c1C(=O)c1ncc(C)cc1C. The van der Waals surface area contributed by atoms with E-state index in [1.54, 1.807) is 17.1 Å². The van der Waals surface area contributed by atoms with Gasteiger partial charge >= 0.3 is 0 Å². The van der Waals surface area contributed by atoms with Crippen LogP contribution < -0.4 is 0 Å². The van der Waals surface area contributed by atoms with Gasteiger partial charge in [0.2, 0.25) is 5.78 Å². The molecule has 0 aliphatic heterocycles. The summed E-state index contributed by atoms with van der Waals surface area (Å²) in [5, 5.41) is 4.15. The molecule has 0 atom stereocenters. The molecule has 4 nitrogen and oxygen atoms in total. The topological polar surface area (TPSA) is 47.8 Å². The van der Waals surface area contributed by atoms with Gasteiger partial charge in [0, 0.05) is 12.7 Å². The van der Waals surface area contributed by atoms with Gasteiger partial charge in [-0.1, -0.05) is 6.07 Å². The number of nitrogens with zero attached hydrogens (tertiary/aromatic N) is 3. The minimum absolute atomic E-state index is 0.0984. The summed E-state index contributed by atoms with van der Waals surface area (Å²) in [5.74, 6) is -0.0984. The van der Waals surface area contributed by atoms with Gasteiger partial charge in [-0.05, 0) is 47.8 Å². The second kappa shape index (κ2) is 5.02. The quantitative estimate of drug-likeness (QED) is 0.819. The van der Waals surface area contributed by atoms with E-state index in [1.165, 1.54) is 0 Å². The third-order valence-corrected chi connectivity index (χ3v) is 3.32. The predicted molar refractivity (Wildman–Crippen MR) is 72.7 cm³/mol. The Hall–Kier alpha value is -1.49. The molecule has 2 aromatic heterocycles. The maximum absolute atomic E-state index is 12.5. The van der Waals surface area contributed by atoms with E-state index in [9.17, 15) is 4.79 Å². The molecule has 2 aromatic rings. The summed E-state index contributed by atoms with van der Waals surface area (Å²) in [6, 6.07) is 1.96. The average Bonchev–Trinajstić information content (AvgIpc) is 2.69. The molecule has 0 unspecified atom stereocenters. The van der Waals surface area contributed by atoms with Crippen molar-refractivity contribution in [2.24, 2.45) is 0 Å². The van der Waals surface area contributed by atoms with Gasteiger partial charge in [0.25, 0.3) is 0 Å². The molecule has 0 saturated carbocycles. The van der Waals surface area contributed by atoms with Crippen molar-refractivity contribution in [2.75, 3.05) is 0 Å². The highest BCUT2D eigenvalue weighted by Crippen LogP contribution is 2.20. The number of hydrogen-bond donors (Lipinski definition) is 0. The van der Waals surface area contributed by atoms with Crippen molar-refractivity contribution in [2.45, 2.75) is 27.3 Å². The molecule has 0 bridgehead atoms. The van der Waals surface area contributed by atoms with Crippen molar-refractivity contribution < 1.29 is 4.79 Å². The lowest BCUT2D eigenvalue weighted by Gasteiger charge is -2.07. The minimum Gasteiger partial charge on any atom is -0.285 e. The Kier molecular flexibility index (Phi) is 3.61. The van der Waals surface area contributed by atoms with Gasteiger partial charge in [0.05, 0.1) is 10.7 Å². The van der Waals surface area contributed by atoms with Crippen LogP contribution in [0.4, 0.5) is 0 Å². The van der Waals surface area contributed by atoms with Crippen molar-refractivity contribution in [3.8, 4) is 0 Å². The van der Waals surface area contributed by atoms with Gasteiger partial charge < -0.3 is 0 Å². The Morgan fingerprint density at radius 3 is 2.72 bits per heavy atom. The molecule has 94 valence electrons. The normalized spacial score (nSPS) is 10.7. The van der Waals surface area contributed by atoms with Crippen molar-refractivity contribution in [3.63, 3.8) is 0 Å². The molecule has 2 heterocycles. The summed E-state index contributed by atoms with van der Waals surface area (Å²) >= 11 is 3.36. The van der Waals surface area contributed by atoms with Crippen LogP contribution in [0.15, 0.2) is 22.9 Å². The molecule has 0 amide bonds. The summed E-state index contributed by atoms with van der Waals surface area (Å²) in [6.45, 7) is 6.46. The summed E-state index contributed by atoms with van der Waals surface area (Å²) in [4.78, 5) is 16.7. The van der Waals surface area contributed by atoms with Gasteiger partial charge in [-0.3, -0.25) is 14.5 Å². The summed E-state index contributed by atoms with van der Waals surface area (Å²) in [6.07, 6.45) is 3.35. The summed E-state index contributed by atoms with van der Waals surface area (Å²) in [7, 11) is 0. The molecule has 0 saturated heterocycles. The lowest BCUT2D eigenvalue weighted by Crippen LogP contribution is -2.14. The van der Waals surface area contributed by atoms with Crippen molar-refractivity contribution in [1.82, 2.24) is 14.8 Å². The molecular formula is C13H14BrN3O. The number of aryl methyl sites for hydroxylation is 3. The molecule has 0 aliphatic rings. The van der Waals surface area contributed by atoms with Crippen LogP contribution in [0.3, 0.4) is 0 Å². The van der Waals surface area contributed by atoms with Crippen molar-refractivity contribution in [3.05, 3.63) is 45.4 Å². The van der Waals surface area contributed by atoms with Gasteiger partial charge in [0.1, 0.15) is 11.4 Å². The maximum Gasteiger partial charge on any atom is 0.230 e. The zero-order chi connectivity index (χ0) is 13.3. The predicted octanol–water partition coefficient (Wildman–Crippen LogP) is 2.91. The van der Waals surface area contributed by atoms with E-state index in [1.807, 2.05) is 26.8 Å². The largest absolute Gasteiger partial charge is 0.285 e. The van der Waals surface area contributed by atoms with E-state index in [0.717, 1.165) is 11.1 Å². The zero-order valence-electron chi connectivity index (χ0n) is 10.6. The molecule has 2 rings (SSSR count). The molecule has 5 heteroatoms. The number of aromatic nitrogens is 3. The summed E-state index contributed by atoms with van der Waals surface area (Å²) < 4.78 is 2.38. The van der Waals surface area contributed by atoms with E-state index >= 15 is 0 Å². The molecule has 0 radical (unpaired) electrons. The van der Waals surface area contributed by atoms with Crippen LogP contribution in [0, 0.1) is 13.8 Å². The Bertz CT molecular complexity index is 604. The van der Waals surface area contributed by atoms with Crippen LogP contribution in [0.1, 0.15) is 34.2 Å². The standard InChI is InChI=1S/C13H14BrN3O/c1-4-17-12(10(14)7-16-17)13(18)11-9(3)5-8(2)6-15-11/h5-7H,4H2,1-3H3. The molecule has 18 heavy (non-hydrogen) atoms. The molecule has 0 aliphatic carbocycles. The van der Waals surface area contributed by atoms with Gasteiger partial charge in [-0.25, -0.2) is 0 Å². The van der Waals surface area contributed by atoms with Gasteiger partial charge in [-0.2, -0.15) is 5.10 Å². The lowest BCUT2D eigenvalue weighted by atomic mass is 10.1. The van der Waals surface area contributed by atoms with Crippen LogP contribution >= 0.6 is 15.9 Å². The van der Waals surface area contributed by atoms with E-state index < -0.39 is 0 Å². The number of hydrogen-bond acceptors (Lipinski definition) is 3. The summed E-state index contributed by atoms with van der Waals surface area (Å²) in [5.41, 5.74) is 2.97. The Labute approximate surface area is 114 Å². The highest BCUT2D eigenvalue weighted by Gasteiger charge is 2.20. The fraction of sp³-hybridized carbons (Fsp3) is 0.308. The molecule has 0 N–H and O–H groups in total. The molecular weight excluding hydrogens is 294 g/mol. The van der Waals surface area contributed by atoms with Crippen LogP contribution in [0.5, 0.6) is 0 Å². The van der Waals surface area contributed by atoms with Crippen molar-refractivity contribution >= 4 is 21.7 Å². The number of pyridine rings is 1. The minimum atomic E-state index is -0.0984. The van der Waals surface area contributed by atoms with E-state index in [4.69, 9.17) is 0 Å². The van der Waals surface area contributed by atoms with Crippen LogP contribution in [-0.4, -0.2) is 20.5 Å². The maximum atomic E-state index is 12.5. The monoisotopic (exact) mass is 307 g/mol. The smallest absolute Gasteiger partial charge is 0.230 e. The van der Waals surface area contributed by atoms with E-state index in [-0.39, 0.29) is 5.78 Å². The molecule has 0 aromatic carbocycles. The van der Waals surface area contributed by atoms with Crippen molar-refractivity contribution in [1.29, 1.82) is 0 Å². The number of rotatable bonds is 3. The second-order valence-corrected chi connectivity index (χ2v) is 5.02. The van der Waals surface area contributed by atoms with Crippen LogP contribution in [-0.2, 0) is 6.54 Å². The average molecular weight is 308 g/mol. The highest BCUT2D eigenvalue weighted by atomic mass is 79.9. The zero-order valence-corrected chi connectivity index (χ0v) is 12.2. The first-order valence-electron chi connectivity index (χ1n) is 5.73. The van der Waals surface area contributed by atoms with Gasteiger partial charge in [-0.15, -0.1) is 0 Å². The van der Waals surface area contributed by atoms with Gasteiger partial charge in [0.15, 0.2) is 0 Å².